The van der Waals surface area contributed by atoms with E-state index in [-0.39, 0.29) is 10.6 Å². The van der Waals surface area contributed by atoms with Gasteiger partial charge in [-0.05, 0) is 40.4 Å². The van der Waals surface area contributed by atoms with Gasteiger partial charge in [0.15, 0.2) is 11.2 Å². The van der Waals surface area contributed by atoms with E-state index in [1.54, 1.807) is 23.1 Å². The molecule has 3 atom stereocenters. The molecule has 0 spiro atoms. The summed E-state index contributed by atoms with van der Waals surface area (Å²) in [7, 11) is 0. The number of hydrogen-bond donors (Lipinski definition) is 2. The fourth-order valence-corrected chi connectivity index (χ4v) is 7.37. The maximum atomic E-state index is 10.7. The third kappa shape index (κ3) is 3.92. The smallest absolute Gasteiger partial charge is 0.220 e. The van der Waals surface area contributed by atoms with Crippen LogP contribution >= 0.6 is 34.7 Å². The normalized spacial score (nSPS) is 19.8. The van der Waals surface area contributed by atoms with Crippen LogP contribution in [0.1, 0.15) is 18.0 Å². The number of halogens is 1. The second-order valence-corrected chi connectivity index (χ2v) is 10.7. The molecule has 1 aliphatic rings. The van der Waals surface area contributed by atoms with E-state index in [0.717, 1.165) is 38.7 Å². The van der Waals surface area contributed by atoms with Crippen molar-refractivity contribution < 1.29 is 4.55 Å². The van der Waals surface area contributed by atoms with Crippen molar-refractivity contribution in [3.05, 3.63) is 59.5 Å². The van der Waals surface area contributed by atoms with Gasteiger partial charge in [-0.3, -0.25) is 0 Å². The SMILES string of the molecule is NC1c2c(-c3ccccc3)cc(-c3cccs3)nc2SC1[S+](O)CCCCl. The molecule has 0 amide bonds. The van der Waals surface area contributed by atoms with Crippen LogP contribution in [0.15, 0.2) is 58.9 Å². The van der Waals surface area contributed by atoms with Crippen LogP contribution in [-0.4, -0.2) is 25.8 Å². The third-order valence-corrected chi connectivity index (χ3v) is 9.20. The summed E-state index contributed by atoms with van der Waals surface area (Å²) < 4.78 is 10.6. The number of thioether (sulfide) groups is 1. The Kier molecular flexibility index (Phi) is 6.12. The predicted octanol–water partition coefficient (Wildman–Crippen LogP) is 5.63. The molecule has 1 aliphatic heterocycles. The van der Waals surface area contributed by atoms with Crippen LogP contribution in [-0.2, 0) is 11.2 Å². The standard InChI is InChI=1S/C20H20ClN2OS3/c21-9-5-11-27(24)20-18(22)17-14(13-6-2-1-3-7-13)12-15(23-19(17)26-20)16-8-4-10-25-16/h1-4,6-8,10,12,18,20,24H,5,9,11,22H2/q+1. The number of pyridine rings is 1. The van der Waals surface area contributed by atoms with Gasteiger partial charge in [0.25, 0.3) is 0 Å². The molecule has 140 valence electrons. The second-order valence-electron chi connectivity index (χ2n) is 6.28. The molecule has 0 saturated heterocycles. The molecular weight excluding hydrogens is 416 g/mol. The molecule has 2 aromatic heterocycles. The van der Waals surface area contributed by atoms with Gasteiger partial charge in [0.2, 0.25) is 4.58 Å². The summed E-state index contributed by atoms with van der Waals surface area (Å²) in [6.07, 6.45) is 0.792. The Bertz CT molecular complexity index is 905. The lowest BCUT2D eigenvalue weighted by atomic mass is 9.97. The van der Waals surface area contributed by atoms with Crippen LogP contribution in [0, 0.1) is 0 Å². The summed E-state index contributed by atoms with van der Waals surface area (Å²) in [6, 6.07) is 16.3. The molecule has 0 bridgehead atoms. The molecule has 3 aromatic rings. The van der Waals surface area contributed by atoms with E-state index in [1.807, 2.05) is 24.3 Å². The number of nitrogens with two attached hydrogens (primary N) is 1. The van der Waals surface area contributed by atoms with Gasteiger partial charge < -0.3 is 5.73 Å². The van der Waals surface area contributed by atoms with Crippen LogP contribution in [0.4, 0.5) is 0 Å². The lowest BCUT2D eigenvalue weighted by Crippen LogP contribution is -2.29. The van der Waals surface area contributed by atoms with Crippen molar-refractivity contribution in [2.75, 3.05) is 11.6 Å². The van der Waals surface area contributed by atoms with Gasteiger partial charge in [0.05, 0.1) is 16.6 Å². The Morgan fingerprint density at radius 3 is 2.70 bits per heavy atom. The number of benzene rings is 1. The van der Waals surface area contributed by atoms with E-state index in [0.29, 0.717) is 11.6 Å². The van der Waals surface area contributed by atoms with Crippen LogP contribution in [0.5, 0.6) is 0 Å². The average molecular weight is 436 g/mol. The Morgan fingerprint density at radius 2 is 2.00 bits per heavy atom. The number of rotatable bonds is 6. The highest BCUT2D eigenvalue weighted by Crippen LogP contribution is 2.49. The van der Waals surface area contributed by atoms with Gasteiger partial charge in [0, 0.05) is 17.9 Å². The molecule has 3 unspecified atom stereocenters. The average Bonchev–Trinajstić information content (AvgIpc) is 3.35. The second kappa shape index (κ2) is 8.55. The summed E-state index contributed by atoms with van der Waals surface area (Å²) in [5.41, 5.74) is 10.9. The minimum Gasteiger partial charge on any atom is -0.319 e. The summed E-state index contributed by atoms with van der Waals surface area (Å²) in [5, 5.41) is 3.00. The fourth-order valence-electron chi connectivity index (χ4n) is 3.21. The van der Waals surface area contributed by atoms with E-state index in [4.69, 9.17) is 22.3 Å². The number of alkyl halides is 1. The first kappa shape index (κ1) is 19.3. The minimum absolute atomic E-state index is 0.0724. The minimum atomic E-state index is -0.793. The van der Waals surface area contributed by atoms with Crippen molar-refractivity contribution in [1.82, 2.24) is 4.98 Å². The van der Waals surface area contributed by atoms with Gasteiger partial charge in [-0.15, -0.1) is 22.9 Å². The van der Waals surface area contributed by atoms with Gasteiger partial charge in [-0.1, -0.05) is 36.4 Å². The summed E-state index contributed by atoms with van der Waals surface area (Å²) in [4.78, 5) is 6.04. The first-order valence-electron chi connectivity index (χ1n) is 8.70. The largest absolute Gasteiger partial charge is 0.319 e. The lowest BCUT2D eigenvalue weighted by Gasteiger charge is -2.15. The van der Waals surface area contributed by atoms with Gasteiger partial charge in [0.1, 0.15) is 10.8 Å². The molecule has 3 N–H and O–H groups in total. The number of thiophene rings is 1. The van der Waals surface area contributed by atoms with Crippen LogP contribution in [0.25, 0.3) is 21.7 Å². The first-order valence-corrected chi connectivity index (χ1v) is 12.4. The molecule has 0 radical (unpaired) electrons. The fraction of sp³-hybridized carbons (Fsp3) is 0.250. The molecule has 4 rings (SSSR count). The van der Waals surface area contributed by atoms with E-state index < -0.39 is 11.2 Å². The van der Waals surface area contributed by atoms with E-state index in [2.05, 4.69) is 29.6 Å². The summed E-state index contributed by atoms with van der Waals surface area (Å²) in [5.74, 6) is 1.24. The monoisotopic (exact) mass is 435 g/mol. The number of nitrogens with zero attached hydrogens (tertiary/aromatic N) is 1. The highest BCUT2D eigenvalue weighted by atomic mass is 35.5. The molecule has 3 heterocycles. The zero-order valence-corrected chi connectivity index (χ0v) is 17.8. The molecule has 3 nitrogen and oxygen atoms in total. The highest BCUT2D eigenvalue weighted by molar-refractivity contribution is 8.13. The van der Waals surface area contributed by atoms with Crippen LogP contribution in [0.2, 0.25) is 0 Å². The van der Waals surface area contributed by atoms with E-state index in [1.165, 1.54) is 0 Å². The zero-order valence-electron chi connectivity index (χ0n) is 14.5. The van der Waals surface area contributed by atoms with Crippen molar-refractivity contribution in [1.29, 1.82) is 0 Å². The Morgan fingerprint density at radius 1 is 1.19 bits per heavy atom. The quantitative estimate of drug-likeness (QED) is 0.389. The third-order valence-electron chi connectivity index (χ3n) is 4.49. The van der Waals surface area contributed by atoms with Gasteiger partial charge in [-0.2, -0.15) is 4.55 Å². The van der Waals surface area contributed by atoms with Crippen molar-refractivity contribution in [2.45, 2.75) is 22.1 Å². The van der Waals surface area contributed by atoms with E-state index in [9.17, 15) is 4.55 Å². The Labute approximate surface area is 175 Å². The molecule has 1 aromatic carbocycles. The molecule has 0 fully saturated rings. The van der Waals surface area contributed by atoms with Crippen molar-refractivity contribution in [2.24, 2.45) is 5.73 Å². The molecule has 0 saturated carbocycles. The topological polar surface area (TPSA) is 59.1 Å². The van der Waals surface area contributed by atoms with Crippen LogP contribution < -0.4 is 5.73 Å². The summed E-state index contributed by atoms with van der Waals surface area (Å²) in [6.45, 7) is 0. The highest BCUT2D eigenvalue weighted by Gasteiger charge is 2.45. The number of hydrogen-bond acceptors (Lipinski definition) is 5. The molecule has 0 aliphatic carbocycles. The Balaban J connectivity index is 1.79. The number of aromatic nitrogens is 1. The van der Waals surface area contributed by atoms with Gasteiger partial charge >= 0.3 is 0 Å². The van der Waals surface area contributed by atoms with Gasteiger partial charge in [-0.25, -0.2) is 4.98 Å². The predicted molar refractivity (Wildman–Crippen MR) is 120 cm³/mol. The summed E-state index contributed by atoms with van der Waals surface area (Å²) >= 11 is 8.30. The first-order chi connectivity index (χ1) is 13.2. The Hall–Kier alpha value is -1.02. The van der Waals surface area contributed by atoms with Crippen molar-refractivity contribution >= 4 is 45.9 Å². The van der Waals surface area contributed by atoms with Crippen molar-refractivity contribution in [3.63, 3.8) is 0 Å². The maximum Gasteiger partial charge on any atom is 0.220 e. The molecule has 27 heavy (non-hydrogen) atoms. The van der Waals surface area contributed by atoms with Crippen LogP contribution in [0.3, 0.4) is 0 Å². The van der Waals surface area contributed by atoms with Crippen molar-refractivity contribution in [3.8, 4) is 21.7 Å². The lowest BCUT2D eigenvalue weighted by molar-refractivity contribution is 0.621. The van der Waals surface area contributed by atoms with E-state index >= 15 is 0 Å². The molecule has 7 heteroatoms. The maximum absolute atomic E-state index is 10.7. The molecular formula is C20H20ClN2OS3+. The number of fused-ring (bicyclic) bond motifs is 1. The zero-order chi connectivity index (χ0) is 18.8.